The fourth-order valence-corrected chi connectivity index (χ4v) is 7.78. The summed E-state index contributed by atoms with van der Waals surface area (Å²) in [4.78, 5) is 17.3. The largest absolute Gasteiger partial charge is 0.497 e. The molecule has 5 rings (SSSR count). The zero-order valence-electron chi connectivity index (χ0n) is 18.5. The highest BCUT2D eigenvalue weighted by molar-refractivity contribution is 5.86. The lowest BCUT2D eigenvalue weighted by Gasteiger charge is -2.64. The molecule has 4 aliphatic rings. The van der Waals surface area contributed by atoms with Crippen LogP contribution in [0.5, 0.6) is 5.75 Å². The van der Waals surface area contributed by atoms with Gasteiger partial charge in [0.15, 0.2) is 0 Å². The standard InChI is InChI=1S/C23H31FN2O5/c1-13(24)21-8-5-10-26-11-9-22(17(21)26)15-7-6-14(30-3)12-16(15)25(2)18(22)23(29,19(21)27)20(28)31-4/h6-7,12-13,17-19,27,29H,5,8-11H2,1-4H3/t13-,17-,18+,19+,21-,22+,23-/m0/s1. The van der Waals surface area contributed by atoms with E-state index in [1.54, 1.807) is 7.11 Å². The monoisotopic (exact) mass is 434 g/mol. The van der Waals surface area contributed by atoms with Crippen molar-refractivity contribution in [1.29, 1.82) is 0 Å². The number of hydrogen-bond acceptors (Lipinski definition) is 7. The second-order valence-electron chi connectivity index (χ2n) is 9.68. The van der Waals surface area contributed by atoms with E-state index < -0.39 is 40.7 Å². The van der Waals surface area contributed by atoms with Crippen molar-refractivity contribution in [2.75, 3.05) is 39.3 Å². The number of esters is 1. The molecule has 31 heavy (non-hydrogen) atoms. The first kappa shape index (κ1) is 21.0. The number of methoxy groups -OCH3 is 2. The molecule has 7 atom stereocenters. The Balaban J connectivity index is 1.85. The topological polar surface area (TPSA) is 82.5 Å². The fraction of sp³-hybridized carbons (Fsp3) is 0.696. The molecule has 1 spiro atoms. The summed E-state index contributed by atoms with van der Waals surface area (Å²) in [5.41, 5.74) is -2.49. The number of likely N-dealkylation sites (N-methyl/N-ethyl adjacent to an activating group) is 1. The van der Waals surface area contributed by atoms with Crippen molar-refractivity contribution in [3.05, 3.63) is 23.8 Å². The van der Waals surface area contributed by atoms with Gasteiger partial charge in [0.05, 0.1) is 20.3 Å². The second kappa shape index (κ2) is 6.56. The molecule has 170 valence electrons. The Kier molecular flexibility index (Phi) is 4.44. The average molecular weight is 435 g/mol. The highest BCUT2D eigenvalue weighted by Crippen LogP contribution is 2.68. The Bertz CT molecular complexity index is 927. The summed E-state index contributed by atoms with van der Waals surface area (Å²) < 4.78 is 26.1. The van der Waals surface area contributed by atoms with E-state index in [0.717, 1.165) is 24.3 Å². The highest BCUT2D eigenvalue weighted by atomic mass is 19.1. The Labute approximate surface area is 181 Å². The number of piperidine rings is 1. The number of ether oxygens (including phenoxy) is 2. The van der Waals surface area contributed by atoms with Crippen LogP contribution in [0.2, 0.25) is 0 Å². The van der Waals surface area contributed by atoms with Gasteiger partial charge in [0.1, 0.15) is 18.0 Å². The molecule has 0 bridgehead atoms. The SMILES string of the molecule is COC(=O)[C@]1(O)[C@@H]2N(C)c3cc(OC)ccc3[C@@]23CCN2CCC[C@]([C@H](C)F)([C@H]23)[C@H]1O. The normalized spacial score (nSPS) is 41.9. The first-order chi connectivity index (χ1) is 14.7. The zero-order valence-corrected chi connectivity index (χ0v) is 18.5. The van der Waals surface area contributed by atoms with Gasteiger partial charge in [-0.25, -0.2) is 9.18 Å². The van der Waals surface area contributed by atoms with E-state index >= 15 is 4.39 Å². The second-order valence-corrected chi connectivity index (χ2v) is 9.68. The van der Waals surface area contributed by atoms with Gasteiger partial charge < -0.3 is 24.6 Å². The van der Waals surface area contributed by atoms with Crippen molar-refractivity contribution in [2.45, 2.75) is 61.6 Å². The molecule has 1 aliphatic carbocycles. The van der Waals surface area contributed by atoms with Gasteiger partial charge in [-0.3, -0.25) is 4.90 Å². The van der Waals surface area contributed by atoms with E-state index in [2.05, 4.69) is 4.90 Å². The van der Waals surface area contributed by atoms with Crippen LogP contribution in [0.25, 0.3) is 0 Å². The van der Waals surface area contributed by atoms with E-state index in [4.69, 9.17) is 9.47 Å². The number of halogens is 1. The third-order valence-corrected chi connectivity index (χ3v) is 8.79. The number of carbonyl (C=O) groups is 1. The van der Waals surface area contributed by atoms with E-state index in [-0.39, 0.29) is 6.04 Å². The Morgan fingerprint density at radius 3 is 2.65 bits per heavy atom. The van der Waals surface area contributed by atoms with Gasteiger partial charge in [0, 0.05) is 35.7 Å². The number of alkyl halides is 1. The Hall–Kier alpha value is -1.90. The van der Waals surface area contributed by atoms with Crippen LogP contribution < -0.4 is 9.64 Å². The number of rotatable bonds is 3. The summed E-state index contributed by atoms with van der Waals surface area (Å²) >= 11 is 0. The number of carbonyl (C=O) groups excluding carboxylic acids is 1. The Morgan fingerprint density at radius 2 is 2.00 bits per heavy atom. The van der Waals surface area contributed by atoms with Gasteiger partial charge in [0.2, 0.25) is 5.60 Å². The molecule has 1 aromatic rings. The molecule has 7 nitrogen and oxygen atoms in total. The summed E-state index contributed by atoms with van der Waals surface area (Å²) in [6.45, 7) is 2.98. The molecule has 3 aliphatic heterocycles. The lowest BCUT2D eigenvalue weighted by Crippen LogP contribution is -2.82. The molecule has 8 heteroatoms. The van der Waals surface area contributed by atoms with Crippen LogP contribution in [0.1, 0.15) is 31.7 Å². The van der Waals surface area contributed by atoms with Crippen LogP contribution >= 0.6 is 0 Å². The van der Waals surface area contributed by atoms with Crippen LogP contribution in [0.15, 0.2) is 18.2 Å². The molecule has 0 amide bonds. The summed E-state index contributed by atoms with van der Waals surface area (Å²) in [5, 5.41) is 23.7. The third-order valence-electron chi connectivity index (χ3n) is 8.79. The first-order valence-corrected chi connectivity index (χ1v) is 11.0. The van der Waals surface area contributed by atoms with E-state index in [0.29, 0.717) is 25.0 Å². The molecule has 0 aromatic heterocycles. The van der Waals surface area contributed by atoms with Gasteiger partial charge in [-0.15, -0.1) is 0 Å². The minimum absolute atomic E-state index is 0.337. The number of benzene rings is 1. The van der Waals surface area contributed by atoms with Gasteiger partial charge >= 0.3 is 5.97 Å². The maximum absolute atomic E-state index is 15.6. The minimum Gasteiger partial charge on any atom is -0.497 e. The minimum atomic E-state index is -2.28. The van der Waals surface area contributed by atoms with Gasteiger partial charge in [-0.1, -0.05) is 6.07 Å². The van der Waals surface area contributed by atoms with E-state index in [1.807, 2.05) is 30.1 Å². The van der Waals surface area contributed by atoms with Crippen molar-refractivity contribution in [1.82, 2.24) is 4.90 Å². The lowest BCUT2D eigenvalue weighted by atomic mass is 9.46. The predicted molar refractivity (Wildman–Crippen MR) is 112 cm³/mol. The van der Waals surface area contributed by atoms with Crippen LogP contribution in [0.4, 0.5) is 10.1 Å². The predicted octanol–water partition coefficient (Wildman–Crippen LogP) is 1.24. The lowest BCUT2D eigenvalue weighted by molar-refractivity contribution is -0.244. The fourth-order valence-electron chi connectivity index (χ4n) is 7.78. The third kappa shape index (κ3) is 2.16. The summed E-state index contributed by atoms with van der Waals surface area (Å²) in [6, 6.07) is 4.61. The zero-order chi connectivity index (χ0) is 22.3. The molecular weight excluding hydrogens is 403 g/mol. The smallest absolute Gasteiger partial charge is 0.342 e. The van der Waals surface area contributed by atoms with Crippen molar-refractivity contribution in [3.8, 4) is 5.75 Å². The van der Waals surface area contributed by atoms with Crippen molar-refractivity contribution < 1.29 is 28.9 Å². The molecule has 0 radical (unpaired) electrons. The highest BCUT2D eigenvalue weighted by Gasteiger charge is 2.80. The summed E-state index contributed by atoms with van der Waals surface area (Å²) in [7, 11) is 4.60. The Morgan fingerprint density at radius 1 is 1.26 bits per heavy atom. The van der Waals surface area contributed by atoms with Crippen LogP contribution in [0, 0.1) is 5.41 Å². The van der Waals surface area contributed by atoms with Crippen molar-refractivity contribution >= 4 is 11.7 Å². The molecule has 2 N–H and O–H groups in total. The van der Waals surface area contributed by atoms with Crippen LogP contribution in [-0.2, 0) is 14.9 Å². The molecule has 1 saturated carbocycles. The van der Waals surface area contributed by atoms with E-state index in [9.17, 15) is 15.0 Å². The first-order valence-electron chi connectivity index (χ1n) is 11.0. The number of fused-ring (bicyclic) bond motifs is 1. The molecule has 2 saturated heterocycles. The summed E-state index contributed by atoms with van der Waals surface area (Å²) in [5.74, 6) is -0.259. The van der Waals surface area contributed by atoms with Crippen LogP contribution in [-0.4, -0.2) is 85.4 Å². The van der Waals surface area contributed by atoms with Crippen LogP contribution in [0.3, 0.4) is 0 Å². The average Bonchev–Trinajstić information content (AvgIpc) is 3.28. The van der Waals surface area contributed by atoms with Gasteiger partial charge in [-0.2, -0.15) is 0 Å². The molecule has 1 aromatic carbocycles. The molecule has 3 fully saturated rings. The number of aliphatic hydroxyl groups is 2. The van der Waals surface area contributed by atoms with Crippen molar-refractivity contribution in [2.24, 2.45) is 5.41 Å². The number of nitrogens with zero attached hydrogens (tertiary/aromatic N) is 2. The van der Waals surface area contributed by atoms with Gasteiger partial charge in [-0.05, 0) is 50.9 Å². The quantitative estimate of drug-likeness (QED) is 0.693. The maximum Gasteiger partial charge on any atom is 0.342 e. The molecule has 0 unspecified atom stereocenters. The number of hydrogen-bond donors (Lipinski definition) is 2. The maximum atomic E-state index is 15.6. The van der Waals surface area contributed by atoms with Crippen molar-refractivity contribution in [3.63, 3.8) is 0 Å². The van der Waals surface area contributed by atoms with E-state index in [1.165, 1.54) is 14.0 Å². The summed E-state index contributed by atoms with van der Waals surface area (Å²) in [6.07, 6.45) is -1.27. The number of anilines is 1. The molecule has 3 heterocycles. The molecular formula is C23H31FN2O5. The number of aliphatic hydroxyl groups excluding tert-OH is 1. The van der Waals surface area contributed by atoms with Gasteiger partial charge in [0.25, 0.3) is 0 Å².